The number of carboxylic acid groups (broad SMARTS) is 1. The molecule has 0 bridgehead atoms. The van der Waals surface area contributed by atoms with Crippen LogP contribution in [0.2, 0.25) is 0 Å². The molecular weight excluding hydrogens is 178 g/mol. The first-order chi connectivity index (χ1) is 6.65. The van der Waals surface area contributed by atoms with Gasteiger partial charge in [0.15, 0.2) is 0 Å². The van der Waals surface area contributed by atoms with E-state index >= 15 is 0 Å². The standard InChI is InChI=1S/C11H21NO2/c1-3-4-10-5-7-12(8-6-10)9(2)11(13)14/h9-10H,3-8H2,1-2H3,(H,13,14). The van der Waals surface area contributed by atoms with E-state index in [4.69, 9.17) is 5.11 Å². The average Bonchev–Trinajstić information content (AvgIpc) is 2.18. The van der Waals surface area contributed by atoms with Gasteiger partial charge in [0.2, 0.25) is 0 Å². The van der Waals surface area contributed by atoms with Gasteiger partial charge in [-0.25, -0.2) is 0 Å². The summed E-state index contributed by atoms with van der Waals surface area (Å²) in [5.41, 5.74) is 0. The lowest BCUT2D eigenvalue weighted by molar-refractivity contribution is -0.143. The summed E-state index contributed by atoms with van der Waals surface area (Å²) in [5, 5.41) is 8.86. The SMILES string of the molecule is CCCC1CCN(C(C)C(=O)O)CC1. The molecule has 1 heterocycles. The summed E-state index contributed by atoms with van der Waals surface area (Å²) in [6.07, 6.45) is 4.89. The van der Waals surface area contributed by atoms with Crippen molar-refractivity contribution in [2.75, 3.05) is 13.1 Å². The van der Waals surface area contributed by atoms with Crippen LogP contribution in [0.15, 0.2) is 0 Å². The molecule has 1 atom stereocenters. The fraction of sp³-hybridized carbons (Fsp3) is 0.909. The van der Waals surface area contributed by atoms with Crippen molar-refractivity contribution in [1.29, 1.82) is 0 Å². The zero-order valence-corrected chi connectivity index (χ0v) is 9.20. The van der Waals surface area contributed by atoms with Gasteiger partial charge in [-0.2, -0.15) is 0 Å². The maximum atomic E-state index is 10.8. The first-order valence-corrected chi connectivity index (χ1v) is 5.62. The first kappa shape index (κ1) is 11.5. The van der Waals surface area contributed by atoms with E-state index in [0.29, 0.717) is 0 Å². The number of hydrogen-bond acceptors (Lipinski definition) is 2. The largest absolute Gasteiger partial charge is 0.480 e. The van der Waals surface area contributed by atoms with E-state index in [2.05, 4.69) is 11.8 Å². The Hall–Kier alpha value is -0.570. The third kappa shape index (κ3) is 2.98. The summed E-state index contributed by atoms with van der Waals surface area (Å²) in [4.78, 5) is 12.8. The van der Waals surface area contributed by atoms with Crippen LogP contribution in [-0.2, 0) is 4.79 Å². The Bertz CT molecular complexity index is 186. The van der Waals surface area contributed by atoms with Crippen molar-refractivity contribution >= 4 is 5.97 Å². The van der Waals surface area contributed by atoms with Crippen molar-refractivity contribution in [2.45, 2.75) is 45.6 Å². The lowest BCUT2D eigenvalue weighted by Gasteiger charge is -2.34. The van der Waals surface area contributed by atoms with E-state index in [1.54, 1.807) is 6.92 Å². The predicted octanol–water partition coefficient (Wildman–Crippen LogP) is 1.97. The molecule has 82 valence electrons. The quantitative estimate of drug-likeness (QED) is 0.752. The van der Waals surface area contributed by atoms with Crippen molar-refractivity contribution in [1.82, 2.24) is 4.90 Å². The molecule has 0 spiro atoms. The van der Waals surface area contributed by atoms with E-state index in [0.717, 1.165) is 19.0 Å². The number of carboxylic acids is 1. The van der Waals surface area contributed by atoms with Crippen LogP contribution in [0.25, 0.3) is 0 Å². The monoisotopic (exact) mass is 199 g/mol. The van der Waals surface area contributed by atoms with Crippen molar-refractivity contribution in [3.05, 3.63) is 0 Å². The highest BCUT2D eigenvalue weighted by Crippen LogP contribution is 2.22. The van der Waals surface area contributed by atoms with Crippen molar-refractivity contribution in [2.24, 2.45) is 5.92 Å². The second kappa shape index (κ2) is 5.35. The van der Waals surface area contributed by atoms with Gasteiger partial charge in [0.05, 0.1) is 0 Å². The van der Waals surface area contributed by atoms with Gasteiger partial charge in [0, 0.05) is 0 Å². The highest BCUT2D eigenvalue weighted by atomic mass is 16.4. The van der Waals surface area contributed by atoms with Crippen LogP contribution in [0.5, 0.6) is 0 Å². The molecule has 1 aliphatic heterocycles. The first-order valence-electron chi connectivity index (χ1n) is 5.62. The number of piperidine rings is 1. The third-order valence-electron chi connectivity index (χ3n) is 3.25. The van der Waals surface area contributed by atoms with Crippen LogP contribution in [0.4, 0.5) is 0 Å². The minimum absolute atomic E-state index is 0.308. The number of carbonyl (C=O) groups is 1. The Morgan fingerprint density at radius 2 is 2.07 bits per heavy atom. The summed E-state index contributed by atoms with van der Waals surface area (Å²) in [6, 6.07) is -0.308. The van der Waals surface area contributed by atoms with E-state index in [-0.39, 0.29) is 6.04 Å². The van der Waals surface area contributed by atoms with Crippen LogP contribution in [0.1, 0.15) is 39.5 Å². The van der Waals surface area contributed by atoms with Gasteiger partial charge in [0.25, 0.3) is 0 Å². The number of nitrogens with zero attached hydrogens (tertiary/aromatic N) is 1. The van der Waals surface area contributed by atoms with Gasteiger partial charge in [-0.1, -0.05) is 19.8 Å². The van der Waals surface area contributed by atoms with Gasteiger partial charge in [0.1, 0.15) is 6.04 Å². The fourth-order valence-electron chi connectivity index (χ4n) is 2.19. The Balaban J connectivity index is 2.31. The van der Waals surface area contributed by atoms with Crippen molar-refractivity contribution in [3.8, 4) is 0 Å². The summed E-state index contributed by atoms with van der Waals surface area (Å²) < 4.78 is 0. The molecule has 1 saturated heterocycles. The summed E-state index contributed by atoms with van der Waals surface area (Å²) in [7, 11) is 0. The molecule has 1 N–H and O–H groups in total. The van der Waals surface area contributed by atoms with Gasteiger partial charge >= 0.3 is 5.97 Å². The molecule has 1 fully saturated rings. The molecule has 0 amide bonds. The van der Waals surface area contributed by atoms with Crippen molar-refractivity contribution < 1.29 is 9.90 Å². The fourth-order valence-corrected chi connectivity index (χ4v) is 2.19. The van der Waals surface area contributed by atoms with E-state index in [1.807, 2.05) is 0 Å². The molecule has 0 aromatic heterocycles. The Labute approximate surface area is 86.1 Å². The highest BCUT2D eigenvalue weighted by molar-refractivity contribution is 5.72. The topological polar surface area (TPSA) is 40.5 Å². The molecule has 14 heavy (non-hydrogen) atoms. The Morgan fingerprint density at radius 3 is 2.50 bits per heavy atom. The second-order valence-electron chi connectivity index (χ2n) is 4.28. The highest BCUT2D eigenvalue weighted by Gasteiger charge is 2.25. The van der Waals surface area contributed by atoms with E-state index in [9.17, 15) is 4.79 Å². The maximum absolute atomic E-state index is 10.8. The van der Waals surface area contributed by atoms with Gasteiger partial charge in [-0.05, 0) is 38.8 Å². The lowest BCUT2D eigenvalue weighted by Crippen LogP contribution is -2.43. The number of aliphatic carboxylic acids is 1. The molecule has 3 nitrogen and oxygen atoms in total. The molecule has 1 rings (SSSR count). The van der Waals surface area contributed by atoms with E-state index < -0.39 is 5.97 Å². The third-order valence-corrected chi connectivity index (χ3v) is 3.25. The van der Waals surface area contributed by atoms with Crippen LogP contribution in [-0.4, -0.2) is 35.1 Å². The van der Waals surface area contributed by atoms with Gasteiger partial charge in [-0.3, -0.25) is 9.69 Å². The molecule has 0 saturated carbocycles. The van der Waals surface area contributed by atoms with E-state index in [1.165, 1.54) is 25.7 Å². The Morgan fingerprint density at radius 1 is 1.50 bits per heavy atom. The van der Waals surface area contributed by atoms with Crippen LogP contribution in [0, 0.1) is 5.92 Å². The zero-order chi connectivity index (χ0) is 10.6. The molecule has 1 aliphatic rings. The summed E-state index contributed by atoms with van der Waals surface area (Å²) >= 11 is 0. The minimum Gasteiger partial charge on any atom is -0.480 e. The summed E-state index contributed by atoms with van der Waals surface area (Å²) in [6.45, 7) is 5.91. The molecule has 0 aromatic rings. The lowest BCUT2D eigenvalue weighted by atomic mass is 9.92. The molecule has 0 radical (unpaired) electrons. The zero-order valence-electron chi connectivity index (χ0n) is 9.20. The Kier molecular flexibility index (Phi) is 4.39. The van der Waals surface area contributed by atoms with Crippen LogP contribution >= 0.6 is 0 Å². The molecule has 1 unspecified atom stereocenters. The molecule has 3 heteroatoms. The molecule has 0 aromatic carbocycles. The van der Waals surface area contributed by atoms with Crippen LogP contribution < -0.4 is 0 Å². The average molecular weight is 199 g/mol. The van der Waals surface area contributed by atoms with Crippen LogP contribution in [0.3, 0.4) is 0 Å². The number of likely N-dealkylation sites (tertiary alicyclic amines) is 1. The minimum atomic E-state index is -0.695. The van der Waals surface area contributed by atoms with Crippen molar-refractivity contribution in [3.63, 3.8) is 0 Å². The smallest absolute Gasteiger partial charge is 0.320 e. The van der Waals surface area contributed by atoms with Gasteiger partial charge in [-0.15, -0.1) is 0 Å². The summed E-state index contributed by atoms with van der Waals surface area (Å²) in [5.74, 6) is 0.135. The molecule has 0 aliphatic carbocycles. The molecular formula is C11H21NO2. The second-order valence-corrected chi connectivity index (χ2v) is 4.28. The normalized spacial score (nSPS) is 22.1. The predicted molar refractivity (Wildman–Crippen MR) is 56.3 cm³/mol. The number of hydrogen-bond donors (Lipinski definition) is 1. The van der Waals surface area contributed by atoms with Gasteiger partial charge < -0.3 is 5.11 Å². The number of rotatable bonds is 4. The maximum Gasteiger partial charge on any atom is 0.320 e.